The van der Waals surface area contributed by atoms with E-state index in [4.69, 9.17) is 0 Å². The van der Waals surface area contributed by atoms with Crippen LogP contribution in [0.15, 0.2) is 42.6 Å². The molecule has 29 heavy (non-hydrogen) atoms. The van der Waals surface area contributed by atoms with Crippen molar-refractivity contribution < 1.29 is 19.1 Å². The normalized spacial score (nSPS) is 18.9. The molecule has 2 N–H and O–H groups in total. The Morgan fingerprint density at radius 3 is 2.59 bits per heavy atom. The lowest BCUT2D eigenvalue weighted by atomic mass is 10.1. The lowest BCUT2D eigenvalue weighted by Crippen LogP contribution is -2.57. The van der Waals surface area contributed by atoms with Crippen molar-refractivity contribution in [2.24, 2.45) is 0 Å². The van der Waals surface area contributed by atoms with E-state index in [9.17, 15) is 19.1 Å². The number of carboxylic acid groups (broad SMARTS) is 1. The van der Waals surface area contributed by atoms with Crippen LogP contribution in [0.2, 0.25) is 0 Å². The molecule has 3 amide bonds. The van der Waals surface area contributed by atoms with Crippen LogP contribution < -0.4 is 15.1 Å². The summed E-state index contributed by atoms with van der Waals surface area (Å²) in [7, 11) is 0. The van der Waals surface area contributed by atoms with Gasteiger partial charge in [0.2, 0.25) is 0 Å². The molecule has 0 aliphatic carbocycles. The number of piperidine rings is 1. The van der Waals surface area contributed by atoms with E-state index in [2.05, 4.69) is 10.3 Å². The van der Waals surface area contributed by atoms with E-state index in [0.29, 0.717) is 37.6 Å². The smallest absolute Gasteiger partial charge is 0.408 e. The second-order valence-electron chi connectivity index (χ2n) is 7.06. The van der Waals surface area contributed by atoms with Crippen LogP contribution in [0.1, 0.15) is 19.3 Å². The second kappa shape index (κ2) is 7.94. The minimum absolute atomic E-state index is 0.331. The molecule has 1 aromatic heterocycles. The molecule has 0 saturated carbocycles. The van der Waals surface area contributed by atoms with E-state index in [1.807, 2.05) is 29.2 Å². The van der Waals surface area contributed by atoms with Gasteiger partial charge in [0, 0.05) is 19.6 Å². The predicted octanol–water partition coefficient (Wildman–Crippen LogP) is 3.38. The Morgan fingerprint density at radius 1 is 1.07 bits per heavy atom. The maximum Gasteiger partial charge on any atom is 0.408 e. The van der Waals surface area contributed by atoms with Crippen molar-refractivity contribution in [3.63, 3.8) is 0 Å². The van der Waals surface area contributed by atoms with Gasteiger partial charge in [-0.3, -0.25) is 9.80 Å². The first-order valence-electron chi connectivity index (χ1n) is 9.60. The molecule has 1 fully saturated rings. The van der Waals surface area contributed by atoms with Gasteiger partial charge in [0.1, 0.15) is 17.8 Å². The van der Waals surface area contributed by atoms with Crippen LogP contribution in [-0.4, -0.2) is 52.9 Å². The highest BCUT2D eigenvalue weighted by molar-refractivity contribution is 5.98. The molecular formula is C20H22FN5O3. The van der Waals surface area contributed by atoms with E-state index in [1.165, 1.54) is 17.2 Å². The average molecular weight is 399 g/mol. The van der Waals surface area contributed by atoms with E-state index in [0.717, 1.165) is 18.5 Å². The third kappa shape index (κ3) is 3.80. The zero-order valence-corrected chi connectivity index (χ0v) is 15.8. The Labute approximate surface area is 167 Å². The van der Waals surface area contributed by atoms with Gasteiger partial charge in [0.25, 0.3) is 0 Å². The number of anilines is 3. The summed E-state index contributed by atoms with van der Waals surface area (Å²) in [6.07, 6.45) is 1.88. The quantitative estimate of drug-likeness (QED) is 0.808. The van der Waals surface area contributed by atoms with Crippen molar-refractivity contribution in [3.05, 3.63) is 48.4 Å². The molecule has 2 aliphatic rings. The highest BCUT2D eigenvalue weighted by Crippen LogP contribution is 2.36. The maximum absolute atomic E-state index is 13.2. The first-order valence-corrected chi connectivity index (χ1v) is 9.60. The van der Waals surface area contributed by atoms with Gasteiger partial charge in [0.05, 0.1) is 17.6 Å². The van der Waals surface area contributed by atoms with Crippen molar-refractivity contribution in [1.29, 1.82) is 0 Å². The molecule has 2 aromatic rings. The first kappa shape index (κ1) is 19.0. The van der Waals surface area contributed by atoms with Gasteiger partial charge in [-0.1, -0.05) is 12.1 Å². The van der Waals surface area contributed by atoms with Gasteiger partial charge in [0.15, 0.2) is 0 Å². The first-order chi connectivity index (χ1) is 14.0. The number of benzene rings is 1. The standard InChI is InChI=1S/C20H22FN5O3/c21-14-8-9-17(22-13-14)24-11-12-25(16-6-2-1-5-15(16)24)19(27)23-18-7-3-4-10-26(18)20(28)29/h1-2,5-6,8-9,13,18H,3-4,7,10-12H2,(H,23,27)(H,28,29). The molecule has 0 radical (unpaired) electrons. The maximum atomic E-state index is 13.2. The van der Waals surface area contributed by atoms with Crippen molar-refractivity contribution in [3.8, 4) is 0 Å². The van der Waals surface area contributed by atoms with E-state index in [1.54, 1.807) is 11.0 Å². The van der Waals surface area contributed by atoms with Gasteiger partial charge in [-0.05, 0) is 43.5 Å². The fourth-order valence-electron chi connectivity index (χ4n) is 3.87. The number of hydrogen-bond acceptors (Lipinski definition) is 4. The number of halogens is 1. The Hall–Kier alpha value is -3.36. The summed E-state index contributed by atoms with van der Waals surface area (Å²) in [6, 6.07) is 10.0. The number of carbonyl (C=O) groups excluding carboxylic acids is 1. The van der Waals surface area contributed by atoms with Crippen LogP contribution in [0, 0.1) is 5.82 Å². The molecular weight excluding hydrogens is 377 g/mol. The molecule has 3 heterocycles. The molecule has 2 aliphatic heterocycles. The van der Waals surface area contributed by atoms with E-state index in [-0.39, 0.29) is 6.03 Å². The number of hydrogen-bond donors (Lipinski definition) is 2. The number of fused-ring (bicyclic) bond motifs is 1. The third-order valence-corrected chi connectivity index (χ3v) is 5.28. The largest absolute Gasteiger partial charge is 0.465 e. The van der Waals surface area contributed by atoms with Gasteiger partial charge in [-0.2, -0.15) is 0 Å². The molecule has 1 saturated heterocycles. The molecule has 4 rings (SSSR count). The van der Waals surface area contributed by atoms with Gasteiger partial charge in [-0.15, -0.1) is 0 Å². The highest BCUT2D eigenvalue weighted by atomic mass is 19.1. The van der Waals surface area contributed by atoms with Crippen LogP contribution in [0.3, 0.4) is 0 Å². The number of urea groups is 1. The molecule has 1 atom stereocenters. The number of aromatic nitrogens is 1. The number of nitrogens with one attached hydrogen (secondary N) is 1. The summed E-state index contributed by atoms with van der Waals surface area (Å²) in [4.78, 5) is 33.4. The number of carbonyl (C=O) groups is 2. The van der Waals surface area contributed by atoms with E-state index >= 15 is 0 Å². The summed E-state index contributed by atoms with van der Waals surface area (Å²) in [5, 5.41) is 12.3. The Morgan fingerprint density at radius 2 is 1.86 bits per heavy atom. The van der Waals surface area contributed by atoms with Crippen molar-refractivity contribution in [1.82, 2.24) is 15.2 Å². The molecule has 0 bridgehead atoms. The number of para-hydroxylation sites is 2. The third-order valence-electron chi connectivity index (χ3n) is 5.28. The second-order valence-corrected chi connectivity index (χ2v) is 7.06. The minimum atomic E-state index is -1.03. The number of amides is 3. The lowest BCUT2D eigenvalue weighted by molar-refractivity contribution is 0.0977. The predicted molar refractivity (Wildman–Crippen MR) is 106 cm³/mol. The summed E-state index contributed by atoms with van der Waals surface area (Å²) < 4.78 is 13.2. The summed E-state index contributed by atoms with van der Waals surface area (Å²) in [5.41, 5.74) is 1.48. The van der Waals surface area contributed by atoms with Crippen LogP contribution in [0.5, 0.6) is 0 Å². The zero-order valence-electron chi connectivity index (χ0n) is 15.8. The summed E-state index contributed by atoms with van der Waals surface area (Å²) >= 11 is 0. The Balaban J connectivity index is 1.56. The fraction of sp³-hybridized carbons (Fsp3) is 0.350. The molecule has 1 aromatic carbocycles. The van der Waals surface area contributed by atoms with Crippen LogP contribution in [-0.2, 0) is 0 Å². The molecule has 8 nitrogen and oxygen atoms in total. The van der Waals surface area contributed by atoms with Crippen LogP contribution in [0.4, 0.5) is 31.2 Å². The molecule has 0 spiro atoms. The van der Waals surface area contributed by atoms with Crippen molar-refractivity contribution in [2.45, 2.75) is 25.4 Å². The van der Waals surface area contributed by atoms with E-state index < -0.39 is 18.1 Å². The topological polar surface area (TPSA) is 89.0 Å². The summed E-state index contributed by atoms with van der Waals surface area (Å²) in [6.45, 7) is 1.29. The summed E-state index contributed by atoms with van der Waals surface area (Å²) in [5.74, 6) is 0.193. The average Bonchev–Trinajstić information content (AvgIpc) is 2.74. The van der Waals surface area contributed by atoms with Crippen molar-refractivity contribution >= 4 is 29.3 Å². The number of pyridine rings is 1. The van der Waals surface area contributed by atoms with Crippen LogP contribution >= 0.6 is 0 Å². The molecule has 9 heteroatoms. The van der Waals surface area contributed by atoms with Gasteiger partial charge < -0.3 is 15.3 Å². The van der Waals surface area contributed by atoms with Crippen LogP contribution in [0.25, 0.3) is 0 Å². The lowest BCUT2D eigenvalue weighted by Gasteiger charge is -2.39. The molecule has 1 unspecified atom stereocenters. The minimum Gasteiger partial charge on any atom is -0.465 e. The zero-order chi connectivity index (χ0) is 20.4. The molecule has 152 valence electrons. The Bertz CT molecular complexity index is 907. The number of rotatable bonds is 2. The highest BCUT2D eigenvalue weighted by Gasteiger charge is 2.32. The SMILES string of the molecule is O=C(NC1CCCCN1C(=O)O)N1CCN(c2ccc(F)cn2)c2ccccc21. The van der Waals surface area contributed by atoms with Crippen molar-refractivity contribution in [2.75, 3.05) is 29.4 Å². The van der Waals surface area contributed by atoms with Gasteiger partial charge in [-0.25, -0.2) is 19.0 Å². The van der Waals surface area contributed by atoms with Gasteiger partial charge >= 0.3 is 12.1 Å². The number of likely N-dealkylation sites (tertiary alicyclic amines) is 1. The monoisotopic (exact) mass is 399 g/mol. The Kier molecular flexibility index (Phi) is 5.20. The fourth-order valence-corrected chi connectivity index (χ4v) is 3.87. The number of nitrogens with zero attached hydrogens (tertiary/aromatic N) is 4.